The minimum Gasteiger partial charge on any atom is -0.344 e. The third-order valence-electron chi connectivity index (χ3n) is 4.33. The van der Waals surface area contributed by atoms with Crippen LogP contribution in [0.15, 0.2) is 60.0 Å². The summed E-state index contributed by atoms with van der Waals surface area (Å²) < 4.78 is 15.1. The quantitative estimate of drug-likeness (QED) is 0.396. The molecule has 3 rings (SSSR count). The highest BCUT2D eigenvalue weighted by Gasteiger charge is 2.13. The monoisotopic (exact) mass is 393 g/mol. The van der Waals surface area contributed by atoms with Gasteiger partial charge in [0.05, 0.1) is 6.21 Å². The number of hydrogen-bond donors (Lipinski definition) is 2. The number of nitrogens with one attached hydrogen (secondary N) is 2. The largest absolute Gasteiger partial charge is 0.344 e. The Morgan fingerprint density at radius 2 is 1.79 bits per heavy atom. The number of hydrazone groups is 1. The van der Waals surface area contributed by atoms with E-state index in [2.05, 4.69) is 20.8 Å². The molecule has 0 aliphatic rings. The molecular formula is C21H20FN5O2. The second-order valence-corrected chi connectivity index (χ2v) is 6.38. The van der Waals surface area contributed by atoms with Gasteiger partial charge in [-0.2, -0.15) is 5.10 Å². The molecule has 0 radical (unpaired) electrons. The van der Waals surface area contributed by atoms with E-state index in [0.29, 0.717) is 0 Å². The van der Waals surface area contributed by atoms with Crippen molar-refractivity contribution in [2.75, 3.05) is 0 Å². The molecule has 8 heteroatoms. The van der Waals surface area contributed by atoms with Crippen LogP contribution in [-0.4, -0.2) is 27.6 Å². The van der Waals surface area contributed by atoms with Crippen LogP contribution in [0.25, 0.3) is 5.69 Å². The van der Waals surface area contributed by atoms with E-state index < -0.39 is 11.8 Å². The Bertz CT molecular complexity index is 1040. The fraction of sp³-hybridized carbons (Fsp3) is 0.143. The van der Waals surface area contributed by atoms with Crippen LogP contribution in [0.4, 0.5) is 4.39 Å². The van der Waals surface area contributed by atoms with Crippen molar-refractivity contribution in [3.8, 4) is 5.69 Å². The predicted molar refractivity (Wildman–Crippen MR) is 107 cm³/mol. The van der Waals surface area contributed by atoms with Crippen molar-refractivity contribution < 1.29 is 14.0 Å². The van der Waals surface area contributed by atoms with Crippen molar-refractivity contribution in [3.63, 3.8) is 0 Å². The van der Waals surface area contributed by atoms with Crippen LogP contribution in [0.3, 0.4) is 0 Å². The van der Waals surface area contributed by atoms with Crippen molar-refractivity contribution in [1.82, 2.24) is 20.3 Å². The van der Waals surface area contributed by atoms with Gasteiger partial charge >= 0.3 is 11.8 Å². The molecule has 2 aromatic heterocycles. The van der Waals surface area contributed by atoms with E-state index in [-0.39, 0.29) is 12.4 Å². The van der Waals surface area contributed by atoms with Gasteiger partial charge in [0.1, 0.15) is 5.82 Å². The molecule has 0 unspecified atom stereocenters. The van der Waals surface area contributed by atoms with Gasteiger partial charge in [-0.25, -0.2) is 9.82 Å². The molecule has 2 amide bonds. The van der Waals surface area contributed by atoms with Crippen LogP contribution < -0.4 is 10.7 Å². The summed E-state index contributed by atoms with van der Waals surface area (Å²) in [7, 11) is 0. The average Bonchev–Trinajstić information content (AvgIpc) is 3.01. The molecule has 29 heavy (non-hydrogen) atoms. The highest BCUT2D eigenvalue weighted by atomic mass is 19.1. The SMILES string of the molecule is Cc1cc(/C=N\NC(=O)C(=O)NCc2ccncc2)c(C)n1-c1ccc(F)cc1. The van der Waals surface area contributed by atoms with Crippen LogP contribution in [-0.2, 0) is 16.1 Å². The molecule has 2 N–H and O–H groups in total. The second kappa shape index (κ2) is 8.92. The summed E-state index contributed by atoms with van der Waals surface area (Å²) in [6, 6.07) is 11.5. The van der Waals surface area contributed by atoms with Gasteiger partial charge in [-0.05, 0) is 61.9 Å². The molecular weight excluding hydrogens is 373 g/mol. The van der Waals surface area contributed by atoms with E-state index >= 15 is 0 Å². The molecule has 0 saturated carbocycles. The zero-order valence-electron chi connectivity index (χ0n) is 16.0. The molecule has 3 aromatic rings. The third-order valence-corrected chi connectivity index (χ3v) is 4.33. The number of rotatable bonds is 5. The minimum absolute atomic E-state index is 0.220. The fourth-order valence-electron chi connectivity index (χ4n) is 2.88. The smallest absolute Gasteiger partial charge is 0.329 e. The number of amides is 2. The molecule has 7 nitrogen and oxygen atoms in total. The molecule has 0 bridgehead atoms. The maximum absolute atomic E-state index is 13.2. The third kappa shape index (κ3) is 4.92. The maximum Gasteiger partial charge on any atom is 0.329 e. The Kier molecular flexibility index (Phi) is 6.13. The summed E-state index contributed by atoms with van der Waals surface area (Å²) in [6.45, 7) is 4.02. The lowest BCUT2D eigenvalue weighted by Gasteiger charge is -2.09. The Hall–Kier alpha value is -3.81. The van der Waals surface area contributed by atoms with Gasteiger partial charge in [-0.3, -0.25) is 14.6 Å². The van der Waals surface area contributed by atoms with Crippen LogP contribution in [0.1, 0.15) is 22.5 Å². The first-order valence-electron chi connectivity index (χ1n) is 8.90. The standard InChI is InChI=1S/C21H20FN5O2/c1-14-11-17(15(2)27(14)19-5-3-18(22)4-6-19)13-25-26-21(29)20(28)24-12-16-7-9-23-10-8-16/h3-11,13H,12H2,1-2H3,(H,24,28)(H,26,29)/b25-13-. The van der Waals surface area contributed by atoms with Crippen LogP contribution in [0, 0.1) is 19.7 Å². The second-order valence-electron chi connectivity index (χ2n) is 6.38. The van der Waals surface area contributed by atoms with E-state index in [4.69, 9.17) is 0 Å². The van der Waals surface area contributed by atoms with E-state index in [1.54, 1.807) is 36.7 Å². The van der Waals surface area contributed by atoms with Crippen molar-refractivity contribution in [1.29, 1.82) is 0 Å². The van der Waals surface area contributed by atoms with E-state index in [1.807, 2.05) is 24.5 Å². The van der Waals surface area contributed by atoms with Gasteiger partial charge < -0.3 is 9.88 Å². The predicted octanol–water partition coefficient (Wildman–Crippen LogP) is 2.39. The zero-order chi connectivity index (χ0) is 20.8. The lowest BCUT2D eigenvalue weighted by molar-refractivity contribution is -0.139. The van der Waals surface area contributed by atoms with Crippen molar-refractivity contribution in [2.45, 2.75) is 20.4 Å². The topological polar surface area (TPSA) is 88.4 Å². The fourth-order valence-corrected chi connectivity index (χ4v) is 2.88. The van der Waals surface area contributed by atoms with E-state index in [0.717, 1.165) is 28.2 Å². The molecule has 0 saturated heterocycles. The van der Waals surface area contributed by atoms with Gasteiger partial charge in [0, 0.05) is 41.6 Å². The van der Waals surface area contributed by atoms with Crippen molar-refractivity contribution in [2.24, 2.45) is 5.10 Å². The van der Waals surface area contributed by atoms with Crippen LogP contribution in [0.5, 0.6) is 0 Å². The summed E-state index contributed by atoms with van der Waals surface area (Å²) in [6.07, 6.45) is 4.68. The van der Waals surface area contributed by atoms with Gasteiger partial charge in [-0.1, -0.05) is 0 Å². The van der Waals surface area contributed by atoms with Crippen LogP contribution >= 0.6 is 0 Å². The number of benzene rings is 1. The molecule has 0 aliphatic carbocycles. The first-order valence-corrected chi connectivity index (χ1v) is 8.90. The van der Waals surface area contributed by atoms with Gasteiger partial charge in [0.25, 0.3) is 0 Å². The highest BCUT2D eigenvalue weighted by Crippen LogP contribution is 2.19. The first kappa shape index (κ1) is 19.9. The normalized spacial score (nSPS) is 10.9. The van der Waals surface area contributed by atoms with Crippen molar-refractivity contribution in [3.05, 3.63) is 83.2 Å². The molecule has 1 aromatic carbocycles. The van der Waals surface area contributed by atoms with Gasteiger partial charge in [0.15, 0.2) is 0 Å². The molecule has 0 fully saturated rings. The number of pyridine rings is 1. The molecule has 148 valence electrons. The van der Waals surface area contributed by atoms with Crippen molar-refractivity contribution >= 4 is 18.0 Å². The van der Waals surface area contributed by atoms with Gasteiger partial charge in [0.2, 0.25) is 0 Å². The summed E-state index contributed by atoms with van der Waals surface area (Å²) in [5.74, 6) is -1.94. The van der Waals surface area contributed by atoms with Crippen LogP contribution in [0.2, 0.25) is 0 Å². The number of aromatic nitrogens is 2. The molecule has 0 aliphatic heterocycles. The maximum atomic E-state index is 13.2. The Morgan fingerprint density at radius 1 is 1.10 bits per heavy atom. The summed E-state index contributed by atoms with van der Waals surface area (Å²) in [4.78, 5) is 27.6. The first-order chi connectivity index (χ1) is 14.0. The molecule has 0 atom stereocenters. The highest BCUT2D eigenvalue weighted by molar-refractivity contribution is 6.35. The molecule has 2 heterocycles. The average molecular weight is 393 g/mol. The Morgan fingerprint density at radius 3 is 2.48 bits per heavy atom. The Labute approximate surface area is 167 Å². The minimum atomic E-state index is -0.859. The molecule has 0 spiro atoms. The lowest BCUT2D eigenvalue weighted by Crippen LogP contribution is -2.37. The number of hydrogen-bond acceptors (Lipinski definition) is 4. The van der Waals surface area contributed by atoms with E-state index in [1.165, 1.54) is 18.3 Å². The number of halogens is 1. The summed E-state index contributed by atoms with van der Waals surface area (Å²) in [5, 5.41) is 6.38. The lowest BCUT2D eigenvalue weighted by atomic mass is 10.2. The summed E-state index contributed by atoms with van der Waals surface area (Å²) >= 11 is 0. The Balaban J connectivity index is 1.61. The number of carbonyl (C=O) groups excluding carboxylic acids is 2. The number of carbonyl (C=O) groups is 2. The number of nitrogens with zero attached hydrogens (tertiary/aromatic N) is 3. The summed E-state index contributed by atoms with van der Waals surface area (Å²) in [5.41, 5.74) is 6.43. The van der Waals surface area contributed by atoms with Gasteiger partial charge in [-0.15, -0.1) is 0 Å². The zero-order valence-corrected chi connectivity index (χ0v) is 16.0. The number of aryl methyl sites for hydroxylation is 1. The van der Waals surface area contributed by atoms with E-state index in [9.17, 15) is 14.0 Å².